The summed E-state index contributed by atoms with van der Waals surface area (Å²) in [6, 6.07) is 13.4. The van der Waals surface area contributed by atoms with Crippen LogP contribution in [0.2, 0.25) is 0 Å². The highest BCUT2D eigenvalue weighted by molar-refractivity contribution is 7.89. The first-order valence-corrected chi connectivity index (χ1v) is 11.5. The highest BCUT2D eigenvalue weighted by Gasteiger charge is 2.22. The van der Waals surface area contributed by atoms with Crippen molar-refractivity contribution in [2.45, 2.75) is 39.1 Å². The van der Waals surface area contributed by atoms with Crippen LogP contribution in [-0.4, -0.2) is 47.6 Å². The fourth-order valence-corrected chi connectivity index (χ4v) is 4.91. The van der Waals surface area contributed by atoms with Crippen LogP contribution in [0.25, 0.3) is 5.69 Å². The molecule has 7 nitrogen and oxygen atoms in total. The molecule has 0 radical (unpaired) electrons. The summed E-state index contributed by atoms with van der Waals surface area (Å²) in [5, 5.41) is 4.70. The van der Waals surface area contributed by atoms with Crippen LogP contribution in [0.1, 0.15) is 30.8 Å². The van der Waals surface area contributed by atoms with Gasteiger partial charge in [-0.3, -0.25) is 0 Å². The number of sulfonamides is 1. The molecule has 0 saturated carbocycles. The van der Waals surface area contributed by atoms with E-state index in [1.54, 1.807) is 12.1 Å². The average Bonchev–Trinajstić information content (AvgIpc) is 3.03. The van der Waals surface area contributed by atoms with E-state index < -0.39 is 10.0 Å². The Balaban J connectivity index is 1.82. The molecular formula is C22H29N5O2S. The molecule has 0 aliphatic carbocycles. The van der Waals surface area contributed by atoms with E-state index in [0.29, 0.717) is 25.5 Å². The van der Waals surface area contributed by atoms with Crippen LogP contribution in [0.5, 0.6) is 0 Å². The number of benzene rings is 1. The molecule has 0 aliphatic rings. The number of aromatic nitrogens is 3. The van der Waals surface area contributed by atoms with Gasteiger partial charge in [-0.2, -0.15) is 9.40 Å². The van der Waals surface area contributed by atoms with Crippen molar-refractivity contribution in [3.63, 3.8) is 0 Å². The molecule has 2 aromatic heterocycles. The molecule has 0 amide bonds. The standard InChI is InChI=1S/C22H29N5O2S/c1-6-26(7-2)30(28,29)20-13-14-22(23-15-20)25(5)16-21-17(3)24-27(18(21)4)19-11-9-8-10-12-19/h8-15H,6-7,16H2,1-5H3. The minimum atomic E-state index is -3.50. The molecule has 1 aromatic carbocycles. The first-order chi connectivity index (χ1) is 14.3. The first kappa shape index (κ1) is 22.0. The Kier molecular flexibility index (Phi) is 6.58. The van der Waals surface area contributed by atoms with Gasteiger partial charge >= 0.3 is 0 Å². The average molecular weight is 428 g/mol. The largest absolute Gasteiger partial charge is 0.355 e. The molecule has 0 bridgehead atoms. The van der Waals surface area contributed by atoms with Gasteiger partial charge in [-0.25, -0.2) is 18.1 Å². The highest BCUT2D eigenvalue weighted by atomic mass is 32.2. The minimum absolute atomic E-state index is 0.215. The number of aryl methyl sites for hydroxylation is 1. The minimum Gasteiger partial charge on any atom is -0.355 e. The second-order valence-electron chi connectivity index (χ2n) is 7.19. The molecule has 0 fully saturated rings. The maximum Gasteiger partial charge on any atom is 0.244 e. The van der Waals surface area contributed by atoms with E-state index in [9.17, 15) is 8.42 Å². The zero-order chi connectivity index (χ0) is 21.9. The molecule has 0 spiro atoms. The molecule has 0 saturated heterocycles. The van der Waals surface area contributed by atoms with Crippen molar-refractivity contribution < 1.29 is 8.42 Å². The van der Waals surface area contributed by atoms with Gasteiger partial charge in [0.15, 0.2) is 0 Å². The van der Waals surface area contributed by atoms with Crippen molar-refractivity contribution in [2.24, 2.45) is 0 Å². The second-order valence-corrected chi connectivity index (χ2v) is 9.13. The maximum atomic E-state index is 12.7. The number of anilines is 1. The van der Waals surface area contributed by atoms with Crippen molar-refractivity contribution in [3.05, 3.63) is 65.6 Å². The van der Waals surface area contributed by atoms with Gasteiger partial charge in [0.2, 0.25) is 10.0 Å². The summed E-state index contributed by atoms with van der Waals surface area (Å²) in [5.74, 6) is 0.708. The summed E-state index contributed by atoms with van der Waals surface area (Å²) < 4.78 is 28.7. The Labute approximate surface area is 179 Å². The summed E-state index contributed by atoms with van der Waals surface area (Å²) in [4.78, 5) is 6.62. The Morgan fingerprint density at radius 1 is 1.00 bits per heavy atom. The Hall–Kier alpha value is -2.71. The van der Waals surface area contributed by atoms with Crippen LogP contribution in [0, 0.1) is 13.8 Å². The van der Waals surface area contributed by atoms with Crippen molar-refractivity contribution in [1.29, 1.82) is 0 Å². The van der Waals surface area contributed by atoms with Crippen molar-refractivity contribution in [1.82, 2.24) is 19.1 Å². The molecule has 30 heavy (non-hydrogen) atoms. The maximum absolute atomic E-state index is 12.7. The molecule has 0 unspecified atom stereocenters. The number of hydrogen-bond donors (Lipinski definition) is 0. The zero-order valence-electron chi connectivity index (χ0n) is 18.2. The molecular weight excluding hydrogens is 398 g/mol. The molecule has 0 N–H and O–H groups in total. The molecule has 0 aliphatic heterocycles. The van der Waals surface area contributed by atoms with E-state index in [4.69, 9.17) is 5.10 Å². The van der Waals surface area contributed by atoms with Crippen LogP contribution in [0.15, 0.2) is 53.6 Å². The van der Waals surface area contributed by atoms with Gasteiger partial charge in [0.05, 0.1) is 11.4 Å². The molecule has 160 valence electrons. The lowest BCUT2D eigenvalue weighted by Crippen LogP contribution is -2.30. The molecule has 3 aromatic rings. The molecule has 2 heterocycles. The zero-order valence-corrected chi connectivity index (χ0v) is 19.0. The fraction of sp³-hybridized carbons (Fsp3) is 0.364. The van der Waals surface area contributed by atoms with Crippen LogP contribution in [0.4, 0.5) is 5.82 Å². The van der Waals surface area contributed by atoms with Gasteiger partial charge in [-0.05, 0) is 38.1 Å². The third kappa shape index (κ3) is 4.24. The lowest BCUT2D eigenvalue weighted by molar-refractivity contribution is 0.445. The highest BCUT2D eigenvalue weighted by Crippen LogP contribution is 2.22. The van der Waals surface area contributed by atoms with Crippen LogP contribution in [-0.2, 0) is 16.6 Å². The van der Waals surface area contributed by atoms with E-state index in [1.807, 2.05) is 67.7 Å². The summed E-state index contributed by atoms with van der Waals surface area (Å²) in [7, 11) is -1.56. The van der Waals surface area contributed by atoms with E-state index in [-0.39, 0.29) is 4.90 Å². The Morgan fingerprint density at radius 2 is 1.67 bits per heavy atom. The van der Waals surface area contributed by atoms with Crippen molar-refractivity contribution in [2.75, 3.05) is 25.0 Å². The fourth-order valence-electron chi connectivity index (χ4n) is 3.51. The van der Waals surface area contributed by atoms with Crippen molar-refractivity contribution in [3.8, 4) is 5.69 Å². The normalized spacial score (nSPS) is 11.8. The third-order valence-corrected chi connectivity index (χ3v) is 7.33. The van der Waals surface area contributed by atoms with Gasteiger partial charge in [0.1, 0.15) is 10.7 Å². The van der Waals surface area contributed by atoms with Crippen LogP contribution >= 0.6 is 0 Å². The van der Waals surface area contributed by atoms with E-state index in [2.05, 4.69) is 11.9 Å². The second kappa shape index (κ2) is 8.97. The summed E-state index contributed by atoms with van der Waals surface area (Å²) in [5.41, 5.74) is 4.19. The smallest absolute Gasteiger partial charge is 0.244 e. The predicted octanol–water partition coefficient (Wildman–Crippen LogP) is 3.55. The number of pyridine rings is 1. The molecule has 8 heteroatoms. The first-order valence-electron chi connectivity index (χ1n) is 10.1. The van der Waals surface area contributed by atoms with Gasteiger partial charge in [0, 0.05) is 44.1 Å². The molecule has 3 rings (SSSR count). The summed E-state index contributed by atoms with van der Waals surface area (Å²) >= 11 is 0. The topological polar surface area (TPSA) is 71.3 Å². The SMILES string of the molecule is CCN(CC)S(=O)(=O)c1ccc(N(C)Cc2c(C)nn(-c3ccccc3)c2C)nc1. The number of nitrogens with zero attached hydrogens (tertiary/aromatic N) is 5. The third-order valence-electron chi connectivity index (χ3n) is 5.29. The van der Waals surface area contributed by atoms with Gasteiger partial charge < -0.3 is 4.90 Å². The Morgan fingerprint density at radius 3 is 2.23 bits per heavy atom. The quantitative estimate of drug-likeness (QED) is 0.550. The van der Waals surface area contributed by atoms with Crippen LogP contribution < -0.4 is 4.90 Å². The van der Waals surface area contributed by atoms with E-state index in [1.165, 1.54) is 10.5 Å². The molecule has 0 atom stereocenters. The lowest BCUT2D eigenvalue weighted by atomic mass is 10.2. The van der Waals surface area contributed by atoms with Gasteiger partial charge in [0.25, 0.3) is 0 Å². The van der Waals surface area contributed by atoms with Crippen molar-refractivity contribution >= 4 is 15.8 Å². The summed E-state index contributed by atoms with van der Waals surface area (Å²) in [6.07, 6.45) is 1.44. The van der Waals surface area contributed by atoms with Gasteiger partial charge in [-0.1, -0.05) is 32.0 Å². The Bertz CT molecular complexity index is 1090. The number of para-hydroxylation sites is 1. The predicted molar refractivity (Wildman–Crippen MR) is 119 cm³/mol. The lowest BCUT2D eigenvalue weighted by Gasteiger charge is -2.21. The van der Waals surface area contributed by atoms with E-state index >= 15 is 0 Å². The van der Waals surface area contributed by atoms with E-state index in [0.717, 1.165) is 22.6 Å². The summed E-state index contributed by atoms with van der Waals surface area (Å²) in [6.45, 7) is 9.22. The number of rotatable bonds is 8. The van der Waals surface area contributed by atoms with Gasteiger partial charge in [-0.15, -0.1) is 0 Å². The van der Waals surface area contributed by atoms with Crippen LogP contribution in [0.3, 0.4) is 0 Å². The number of hydrogen-bond acceptors (Lipinski definition) is 5. The monoisotopic (exact) mass is 427 g/mol.